The Labute approximate surface area is 86.0 Å². The van der Waals surface area contributed by atoms with Crippen molar-refractivity contribution in [3.8, 4) is 0 Å². The van der Waals surface area contributed by atoms with E-state index in [1.807, 2.05) is 0 Å². The van der Waals surface area contributed by atoms with Gasteiger partial charge in [0.15, 0.2) is 0 Å². The molecule has 0 aromatic heterocycles. The van der Waals surface area contributed by atoms with Crippen LogP contribution in [-0.4, -0.2) is 50.7 Å². The molecule has 0 saturated carbocycles. The normalized spacial score (nSPS) is 30.4. The molecule has 2 aliphatic rings. The van der Waals surface area contributed by atoms with Crippen molar-refractivity contribution in [2.75, 3.05) is 26.3 Å². The van der Waals surface area contributed by atoms with E-state index in [0.29, 0.717) is 26.3 Å². The van der Waals surface area contributed by atoms with E-state index in [1.54, 1.807) is 0 Å². The molecule has 2 rings (SSSR count). The highest BCUT2D eigenvalue weighted by molar-refractivity contribution is 5.89. The van der Waals surface area contributed by atoms with E-state index >= 15 is 0 Å². The Morgan fingerprint density at radius 1 is 1.00 bits per heavy atom. The number of carbonyl (C=O) groups excluding carboxylic acids is 2. The van der Waals surface area contributed by atoms with Crippen LogP contribution in [0.1, 0.15) is 0 Å². The maximum Gasteiger partial charge on any atom is 0.358 e. The first-order chi connectivity index (χ1) is 7.27. The van der Waals surface area contributed by atoms with Gasteiger partial charge in [0.25, 0.3) is 0 Å². The zero-order chi connectivity index (χ0) is 10.7. The second kappa shape index (κ2) is 4.67. The van der Waals surface area contributed by atoms with Crippen LogP contribution in [0.25, 0.3) is 0 Å². The molecule has 2 unspecified atom stereocenters. The van der Waals surface area contributed by atoms with Gasteiger partial charge in [-0.3, -0.25) is 10.6 Å². The monoisotopic (exact) mass is 216 g/mol. The highest BCUT2D eigenvalue weighted by Gasteiger charge is 2.31. The molecule has 7 nitrogen and oxygen atoms in total. The van der Waals surface area contributed by atoms with Crippen molar-refractivity contribution in [1.29, 1.82) is 0 Å². The van der Waals surface area contributed by atoms with Gasteiger partial charge in [-0.05, 0) is 0 Å². The lowest BCUT2D eigenvalue weighted by atomic mass is 10.5. The molecule has 0 aromatic carbocycles. The number of hydrogen-bond donors (Lipinski definition) is 2. The maximum atomic E-state index is 11.3. The summed E-state index contributed by atoms with van der Waals surface area (Å²) < 4.78 is 14.5. The average Bonchev–Trinajstić information content (AvgIpc) is 2.91. The second-order valence-corrected chi connectivity index (χ2v) is 3.15. The summed E-state index contributed by atoms with van der Waals surface area (Å²) in [5.41, 5.74) is 0. The fraction of sp³-hybridized carbons (Fsp3) is 0.750. The third kappa shape index (κ3) is 2.51. The first-order valence-electron chi connectivity index (χ1n) is 4.73. The molecule has 0 amide bonds. The summed E-state index contributed by atoms with van der Waals surface area (Å²) in [6.07, 6.45) is -1.68. The molecule has 15 heavy (non-hydrogen) atoms. The van der Waals surface area contributed by atoms with Gasteiger partial charge < -0.3 is 14.2 Å². The van der Waals surface area contributed by atoms with Crippen molar-refractivity contribution in [1.82, 2.24) is 10.6 Å². The van der Waals surface area contributed by atoms with Gasteiger partial charge in [-0.15, -0.1) is 0 Å². The van der Waals surface area contributed by atoms with Gasteiger partial charge in [-0.1, -0.05) is 0 Å². The number of esters is 2. The Morgan fingerprint density at radius 2 is 1.47 bits per heavy atom. The largest absolute Gasteiger partial charge is 0.387 e. The molecule has 2 fully saturated rings. The lowest BCUT2D eigenvalue weighted by Gasteiger charge is -2.11. The summed E-state index contributed by atoms with van der Waals surface area (Å²) >= 11 is 0. The van der Waals surface area contributed by atoms with Gasteiger partial charge in [0.2, 0.25) is 12.5 Å². The Hall–Kier alpha value is -1.02. The number of ether oxygens (including phenoxy) is 3. The van der Waals surface area contributed by atoms with Crippen LogP contribution in [0.5, 0.6) is 0 Å². The van der Waals surface area contributed by atoms with E-state index < -0.39 is 24.4 Å². The van der Waals surface area contributed by atoms with Crippen LogP contribution in [0.4, 0.5) is 0 Å². The van der Waals surface area contributed by atoms with Crippen LogP contribution >= 0.6 is 0 Å². The minimum absolute atomic E-state index is 0.437. The van der Waals surface area contributed by atoms with Crippen LogP contribution < -0.4 is 10.6 Å². The van der Waals surface area contributed by atoms with E-state index in [9.17, 15) is 9.59 Å². The van der Waals surface area contributed by atoms with Crippen LogP contribution in [-0.2, 0) is 23.8 Å². The van der Waals surface area contributed by atoms with Gasteiger partial charge in [0.05, 0.1) is 13.2 Å². The lowest BCUT2D eigenvalue weighted by Crippen LogP contribution is -2.40. The zero-order valence-corrected chi connectivity index (χ0v) is 8.02. The number of nitrogens with one attached hydrogen (secondary N) is 2. The lowest BCUT2D eigenvalue weighted by molar-refractivity contribution is -0.173. The van der Waals surface area contributed by atoms with Gasteiger partial charge in [-0.2, -0.15) is 0 Å². The van der Waals surface area contributed by atoms with Crippen molar-refractivity contribution in [2.45, 2.75) is 12.5 Å². The van der Waals surface area contributed by atoms with Crippen molar-refractivity contribution < 1.29 is 23.8 Å². The molecule has 2 aliphatic heterocycles. The predicted molar refractivity (Wildman–Crippen MR) is 46.6 cm³/mol. The molecule has 7 heteroatoms. The highest BCUT2D eigenvalue weighted by atomic mass is 16.6. The average molecular weight is 216 g/mol. The highest BCUT2D eigenvalue weighted by Crippen LogP contribution is 2.02. The predicted octanol–water partition coefficient (Wildman–Crippen LogP) is -2.05. The number of carbonyl (C=O) groups is 2. The topological polar surface area (TPSA) is 85.9 Å². The molecule has 2 heterocycles. The summed E-state index contributed by atoms with van der Waals surface area (Å²) in [7, 11) is 0. The fourth-order valence-corrected chi connectivity index (χ4v) is 1.36. The Kier molecular flexibility index (Phi) is 3.27. The Morgan fingerprint density at radius 3 is 1.80 bits per heavy atom. The molecular formula is C8H12N2O5. The van der Waals surface area contributed by atoms with Crippen molar-refractivity contribution in [3.63, 3.8) is 0 Å². The minimum atomic E-state index is -0.838. The molecule has 2 N–H and O–H groups in total. The van der Waals surface area contributed by atoms with Crippen LogP contribution in [0.2, 0.25) is 0 Å². The van der Waals surface area contributed by atoms with Crippen LogP contribution in [0, 0.1) is 0 Å². The summed E-state index contributed by atoms with van der Waals surface area (Å²) in [6, 6.07) is 0. The van der Waals surface area contributed by atoms with Gasteiger partial charge in [-0.25, -0.2) is 9.59 Å². The smallest absolute Gasteiger partial charge is 0.358 e. The molecule has 2 saturated heterocycles. The standard InChI is InChI=1S/C8H12N2O5/c11-7(5-9-1-3-13-5)15-8(12)6-10-2-4-14-6/h5-6,9-10H,1-4H2. The zero-order valence-electron chi connectivity index (χ0n) is 8.02. The summed E-state index contributed by atoms with van der Waals surface area (Å²) in [6.45, 7) is 2.02. The minimum Gasteiger partial charge on any atom is -0.387 e. The van der Waals surface area contributed by atoms with Gasteiger partial charge in [0, 0.05) is 13.1 Å². The van der Waals surface area contributed by atoms with Gasteiger partial charge >= 0.3 is 11.9 Å². The van der Waals surface area contributed by atoms with E-state index in [4.69, 9.17) is 9.47 Å². The summed E-state index contributed by atoms with van der Waals surface area (Å²) in [4.78, 5) is 22.6. The molecule has 84 valence electrons. The Bertz CT molecular complexity index is 232. The van der Waals surface area contributed by atoms with Crippen LogP contribution in [0.15, 0.2) is 0 Å². The van der Waals surface area contributed by atoms with Crippen molar-refractivity contribution >= 4 is 11.9 Å². The van der Waals surface area contributed by atoms with E-state index in [1.165, 1.54) is 0 Å². The second-order valence-electron chi connectivity index (χ2n) is 3.15. The SMILES string of the molecule is O=C(OC(=O)C1NCCO1)C1NCCO1. The quantitative estimate of drug-likeness (QED) is 0.406. The van der Waals surface area contributed by atoms with Crippen molar-refractivity contribution in [3.05, 3.63) is 0 Å². The molecule has 2 atom stereocenters. The van der Waals surface area contributed by atoms with E-state index in [2.05, 4.69) is 15.4 Å². The maximum absolute atomic E-state index is 11.3. The van der Waals surface area contributed by atoms with Crippen LogP contribution in [0.3, 0.4) is 0 Å². The molecule has 0 aliphatic carbocycles. The van der Waals surface area contributed by atoms with E-state index in [0.717, 1.165) is 0 Å². The number of rotatable bonds is 2. The molecule has 0 aromatic rings. The third-order valence-corrected chi connectivity index (χ3v) is 2.06. The third-order valence-electron chi connectivity index (χ3n) is 2.06. The Balaban J connectivity index is 1.79. The fourth-order valence-electron chi connectivity index (χ4n) is 1.36. The first kappa shape index (κ1) is 10.5. The molecule has 0 radical (unpaired) electrons. The van der Waals surface area contributed by atoms with Gasteiger partial charge in [0.1, 0.15) is 0 Å². The van der Waals surface area contributed by atoms with Crippen molar-refractivity contribution in [2.24, 2.45) is 0 Å². The summed E-state index contributed by atoms with van der Waals surface area (Å²) in [5, 5.41) is 5.48. The number of hydrogen-bond acceptors (Lipinski definition) is 7. The summed E-state index contributed by atoms with van der Waals surface area (Å²) in [5.74, 6) is -1.45. The molecule has 0 spiro atoms. The molecule has 0 bridgehead atoms. The first-order valence-corrected chi connectivity index (χ1v) is 4.73. The van der Waals surface area contributed by atoms with E-state index in [-0.39, 0.29) is 0 Å². The molecular weight excluding hydrogens is 204 g/mol.